The molecular weight excluding hydrogens is 184 g/mol. The summed E-state index contributed by atoms with van der Waals surface area (Å²) >= 11 is 0. The second kappa shape index (κ2) is 6.96. The van der Waals surface area contributed by atoms with Crippen LogP contribution in [0.2, 0.25) is 0 Å². The zero-order chi connectivity index (χ0) is 11.0. The maximum absolute atomic E-state index is 11.2. The van der Waals surface area contributed by atoms with E-state index >= 15 is 0 Å². The Bertz CT molecular complexity index is 241. The molecule has 0 saturated heterocycles. The van der Waals surface area contributed by atoms with Crippen molar-refractivity contribution < 1.29 is 19.1 Å². The van der Waals surface area contributed by atoms with E-state index in [2.05, 4.69) is 21.3 Å². The highest BCUT2D eigenvalue weighted by atomic mass is 16.6. The predicted molar refractivity (Wildman–Crippen MR) is 50.2 cm³/mol. The van der Waals surface area contributed by atoms with Gasteiger partial charge in [-0.1, -0.05) is 5.92 Å². The van der Waals surface area contributed by atoms with E-state index in [1.54, 1.807) is 20.8 Å². The summed E-state index contributed by atoms with van der Waals surface area (Å²) in [4.78, 5) is 22.4. The summed E-state index contributed by atoms with van der Waals surface area (Å²) < 4.78 is 9.36. The van der Waals surface area contributed by atoms with Crippen molar-refractivity contribution in [3.63, 3.8) is 0 Å². The van der Waals surface area contributed by atoms with Gasteiger partial charge in [-0.05, 0) is 20.8 Å². The van der Waals surface area contributed by atoms with Crippen LogP contribution < -0.4 is 0 Å². The van der Waals surface area contributed by atoms with Gasteiger partial charge in [0, 0.05) is 0 Å². The SMILES string of the molecule is CC#CC(C(=O)OCC)C(=O)OCC. The molecule has 14 heavy (non-hydrogen) atoms. The molecule has 4 nitrogen and oxygen atoms in total. The maximum atomic E-state index is 11.2. The van der Waals surface area contributed by atoms with Gasteiger partial charge in [0.05, 0.1) is 13.2 Å². The first-order valence-electron chi connectivity index (χ1n) is 4.42. The van der Waals surface area contributed by atoms with Crippen molar-refractivity contribution in [3.05, 3.63) is 0 Å². The molecule has 0 rings (SSSR count). The molecular formula is C10H14O4. The van der Waals surface area contributed by atoms with Gasteiger partial charge in [-0.2, -0.15) is 0 Å². The zero-order valence-corrected chi connectivity index (χ0v) is 8.62. The molecule has 0 heterocycles. The van der Waals surface area contributed by atoms with E-state index in [4.69, 9.17) is 0 Å². The lowest BCUT2D eigenvalue weighted by Gasteiger charge is -2.08. The molecule has 78 valence electrons. The lowest BCUT2D eigenvalue weighted by atomic mass is 10.1. The standard InChI is InChI=1S/C10H14O4/c1-4-7-8(9(11)13-5-2)10(12)14-6-3/h8H,5-6H2,1-3H3. The van der Waals surface area contributed by atoms with Crippen molar-refractivity contribution in [3.8, 4) is 11.8 Å². The lowest BCUT2D eigenvalue weighted by molar-refractivity contribution is -0.158. The number of ether oxygens (including phenoxy) is 2. The molecule has 0 spiro atoms. The van der Waals surface area contributed by atoms with Crippen molar-refractivity contribution in [2.45, 2.75) is 20.8 Å². The Labute approximate surface area is 83.6 Å². The Balaban J connectivity index is 4.47. The molecule has 0 aliphatic heterocycles. The van der Waals surface area contributed by atoms with Gasteiger partial charge in [-0.25, -0.2) is 0 Å². The minimum Gasteiger partial charge on any atom is -0.465 e. The van der Waals surface area contributed by atoms with E-state index in [0.717, 1.165) is 0 Å². The molecule has 0 aromatic carbocycles. The molecule has 0 radical (unpaired) electrons. The number of hydrogen-bond acceptors (Lipinski definition) is 4. The molecule has 0 unspecified atom stereocenters. The predicted octanol–water partition coefficient (Wildman–Crippen LogP) is 0.752. The molecule has 0 aromatic rings. The topological polar surface area (TPSA) is 52.6 Å². The van der Waals surface area contributed by atoms with Gasteiger partial charge in [0.2, 0.25) is 5.92 Å². The molecule has 0 N–H and O–H groups in total. The van der Waals surface area contributed by atoms with Gasteiger partial charge < -0.3 is 9.47 Å². The van der Waals surface area contributed by atoms with Gasteiger partial charge in [0.25, 0.3) is 0 Å². The summed E-state index contributed by atoms with van der Waals surface area (Å²) in [6.45, 7) is 5.32. The van der Waals surface area contributed by atoms with Gasteiger partial charge in [-0.3, -0.25) is 9.59 Å². The smallest absolute Gasteiger partial charge is 0.332 e. The van der Waals surface area contributed by atoms with Crippen LogP contribution in [0.15, 0.2) is 0 Å². The minimum absolute atomic E-state index is 0.222. The van der Waals surface area contributed by atoms with Gasteiger partial charge in [0.1, 0.15) is 0 Å². The van der Waals surface area contributed by atoms with Crippen LogP contribution >= 0.6 is 0 Å². The van der Waals surface area contributed by atoms with Gasteiger partial charge in [-0.15, -0.1) is 5.92 Å². The Morgan fingerprint density at radius 3 is 1.86 bits per heavy atom. The zero-order valence-electron chi connectivity index (χ0n) is 8.62. The summed E-state index contributed by atoms with van der Waals surface area (Å²) in [6, 6.07) is 0. The van der Waals surface area contributed by atoms with Crippen LogP contribution in [0.1, 0.15) is 20.8 Å². The highest BCUT2D eigenvalue weighted by molar-refractivity contribution is 5.98. The van der Waals surface area contributed by atoms with E-state index < -0.39 is 17.9 Å². The molecule has 0 atom stereocenters. The van der Waals surface area contributed by atoms with E-state index in [1.165, 1.54) is 0 Å². The fourth-order valence-electron chi connectivity index (χ4n) is 0.810. The lowest BCUT2D eigenvalue weighted by Crippen LogP contribution is -2.26. The summed E-state index contributed by atoms with van der Waals surface area (Å²) in [5.41, 5.74) is 0. The molecule has 0 aliphatic carbocycles. The quantitative estimate of drug-likeness (QED) is 0.380. The average molecular weight is 198 g/mol. The Hall–Kier alpha value is -1.50. The molecule has 0 aromatic heterocycles. The molecule has 0 bridgehead atoms. The molecule has 0 amide bonds. The third-order valence-electron chi connectivity index (χ3n) is 1.33. The number of rotatable bonds is 4. The first-order chi connectivity index (χ1) is 6.67. The van der Waals surface area contributed by atoms with E-state index in [9.17, 15) is 9.59 Å². The number of carbonyl (C=O) groups excluding carboxylic acids is 2. The van der Waals surface area contributed by atoms with Crippen LogP contribution in [0.4, 0.5) is 0 Å². The molecule has 0 aliphatic rings. The largest absolute Gasteiger partial charge is 0.465 e. The fraction of sp³-hybridized carbons (Fsp3) is 0.600. The van der Waals surface area contributed by atoms with Crippen LogP contribution in [0, 0.1) is 17.8 Å². The molecule has 4 heteroatoms. The molecule has 0 saturated carbocycles. The highest BCUT2D eigenvalue weighted by Gasteiger charge is 2.27. The third-order valence-corrected chi connectivity index (χ3v) is 1.33. The highest BCUT2D eigenvalue weighted by Crippen LogP contribution is 2.02. The first kappa shape index (κ1) is 12.5. The van der Waals surface area contributed by atoms with Crippen LogP contribution in [-0.4, -0.2) is 25.2 Å². The summed E-state index contributed by atoms with van der Waals surface area (Å²) in [5, 5.41) is 0. The third kappa shape index (κ3) is 3.94. The monoisotopic (exact) mass is 198 g/mol. The van der Waals surface area contributed by atoms with Gasteiger partial charge in [0.15, 0.2) is 0 Å². The number of carbonyl (C=O) groups is 2. The van der Waals surface area contributed by atoms with Crippen molar-refractivity contribution in [1.82, 2.24) is 0 Å². The normalized spacial score (nSPS) is 8.86. The number of hydrogen-bond donors (Lipinski definition) is 0. The van der Waals surface area contributed by atoms with Crippen molar-refractivity contribution >= 4 is 11.9 Å². The summed E-state index contributed by atoms with van der Waals surface area (Å²) in [6.07, 6.45) is 0. The second-order valence-electron chi connectivity index (χ2n) is 2.33. The average Bonchev–Trinajstić information content (AvgIpc) is 2.14. The second-order valence-corrected chi connectivity index (χ2v) is 2.33. The van der Waals surface area contributed by atoms with Gasteiger partial charge >= 0.3 is 11.9 Å². The number of esters is 2. The van der Waals surface area contributed by atoms with Crippen LogP contribution in [0.3, 0.4) is 0 Å². The summed E-state index contributed by atoms with van der Waals surface area (Å²) in [5.74, 6) is 2.53. The first-order valence-corrected chi connectivity index (χ1v) is 4.42. The molecule has 0 fully saturated rings. The minimum atomic E-state index is -1.11. The maximum Gasteiger partial charge on any atom is 0.332 e. The van der Waals surface area contributed by atoms with Crippen LogP contribution in [-0.2, 0) is 19.1 Å². The van der Waals surface area contributed by atoms with Crippen LogP contribution in [0.5, 0.6) is 0 Å². The van der Waals surface area contributed by atoms with E-state index in [0.29, 0.717) is 0 Å². The van der Waals surface area contributed by atoms with Crippen molar-refractivity contribution in [1.29, 1.82) is 0 Å². The van der Waals surface area contributed by atoms with Crippen molar-refractivity contribution in [2.75, 3.05) is 13.2 Å². The van der Waals surface area contributed by atoms with Crippen molar-refractivity contribution in [2.24, 2.45) is 5.92 Å². The van der Waals surface area contributed by atoms with E-state index in [-0.39, 0.29) is 13.2 Å². The Morgan fingerprint density at radius 2 is 1.57 bits per heavy atom. The Morgan fingerprint density at radius 1 is 1.14 bits per heavy atom. The van der Waals surface area contributed by atoms with Crippen LogP contribution in [0.25, 0.3) is 0 Å². The fourth-order valence-corrected chi connectivity index (χ4v) is 0.810. The summed E-state index contributed by atoms with van der Waals surface area (Å²) in [7, 11) is 0. The Kier molecular flexibility index (Phi) is 6.21. The van der Waals surface area contributed by atoms with E-state index in [1.807, 2.05) is 0 Å².